The van der Waals surface area contributed by atoms with Gasteiger partial charge in [0.25, 0.3) is 0 Å². The van der Waals surface area contributed by atoms with Crippen molar-refractivity contribution in [2.75, 3.05) is 0 Å². The van der Waals surface area contributed by atoms with E-state index in [9.17, 15) is 0 Å². The quantitative estimate of drug-likeness (QED) is 0.862. The van der Waals surface area contributed by atoms with Gasteiger partial charge < -0.3 is 9.67 Å². The van der Waals surface area contributed by atoms with Crippen molar-refractivity contribution in [1.29, 1.82) is 0 Å². The molecule has 2 rings (SSSR count). The van der Waals surface area contributed by atoms with Gasteiger partial charge in [-0.3, -0.25) is 0 Å². The average molecular weight is 223 g/mol. The van der Waals surface area contributed by atoms with Gasteiger partial charge >= 0.3 is 0 Å². The first kappa shape index (κ1) is 10.3. The molecule has 2 aromatic rings. The molecule has 0 aliphatic carbocycles. The Morgan fingerprint density at radius 2 is 2.40 bits per heavy atom. The van der Waals surface area contributed by atoms with Gasteiger partial charge in [-0.25, -0.2) is 9.97 Å². The van der Waals surface area contributed by atoms with Gasteiger partial charge in [0.15, 0.2) is 0 Å². The standard InChI is InChI=1S/C10H13N3OS/c1-7-5-15-10(12-7)8(2)13-6-11-3-9(13)4-14/h3,5-6,8,14H,4H2,1-2H3. The van der Waals surface area contributed by atoms with Crippen LogP contribution in [0.2, 0.25) is 0 Å². The van der Waals surface area contributed by atoms with Gasteiger partial charge in [-0.05, 0) is 13.8 Å². The molecule has 0 radical (unpaired) electrons. The lowest BCUT2D eigenvalue weighted by Crippen LogP contribution is -2.08. The number of aromatic nitrogens is 3. The van der Waals surface area contributed by atoms with Crippen LogP contribution in [0, 0.1) is 6.92 Å². The lowest BCUT2D eigenvalue weighted by atomic mass is 10.3. The fraction of sp³-hybridized carbons (Fsp3) is 0.400. The molecule has 80 valence electrons. The minimum absolute atomic E-state index is 0.00863. The predicted molar refractivity (Wildman–Crippen MR) is 58.8 cm³/mol. The van der Waals surface area contributed by atoms with E-state index in [2.05, 4.69) is 16.9 Å². The van der Waals surface area contributed by atoms with Crippen molar-refractivity contribution in [3.63, 3.8) is 0 Å². The number of thiazole rings is 1. The fourth-order valence-corrected chi connectivity index (χ4v) is 2.34. The van der Waals surface area contributed by atoms with Gasteiger partial charge in [0.1, 0.15) is 5.01 Å². The van der Waals surface area contributed by atoms with Crippen LogP contribution in [0.5, 0.6) is 0 Å². The molecule has 15 heavy (non-hydrogen) atoms. The number of imidazole rings is 1. The Labute approximate surface area is 92.2 Å². The summed E-state index contributed by atoms with van der Waals surface area (Å²) in [6.07, 6.45) is 3.41. The summed E-state index contributed by atoms with van der Waals surface area (Å²) in [5, 5.41) is 12.2. The minimum Gasteiger partial charge on any atom is -0.390 e. The third-order valence-corrected chi connectivity index (χ3v) is 3.45. The summed E-state index contributed by atoms with van der Waals surface area (Å²) in [6, 6.07) is 0.133. The maximum Gasteiger partial charge on any atom is 0.115 e. The second-order valence-electron chi connectivity index (χ2n) is 3.45. The van der Waals surface area contributed by atoms with E-state index in [1.807, 2.05) is 16.9 Å². The molecule has 1 unspecified atom stereocenters. The normalized spacial score (nSPS) is 13.0. The van der Waals surface area contributed by atoms with Gasteiger partial charge in [-0.1, -0.05) is 0 Å². The summed E-state index contributed by atoms with van der Waals surface area (Å²) in [5.74, 6) is 0. The highest BCUT2D eigenvalue weighted by Gasteiger charge is 2.13. The number of hydrogen-bond donors (Lipinski definition) is 1. The maximum atomic E-state index is 9.13. The van der Waals surface area contributed by atoms with Crippen LogP contribution in [0.25, 0.3) is 0 Å². The summed E-state index contributed by atoms with van der Waals surface area (Å²) in [7, 11) is 0. The first-order valence-corrected chi connectivity index (χ1v) is 5.64. The summed E-state index contributed by atoms with van der Waals surface area (Å²) in [5.41, 5.74) is 1.85. The summed E-state index contributed by atoms with van der Waals surface area (Å²) in [6.45, 7) is 4.04. The van der Waals surface area contributed by atoms with Gasteiger partial charge in [0, 0.05) is 11.1 Å². The topological polar surface area (TPSA) is 50.9 Å². The van der Waals surface area contributed by atoms with E-state index in [0.717, 1.165) is 16.4 Å². The molecular weight excluding hydrogens is 210 g/mol. The SMILES string of the molecule is Cc1csc(C(C)n2cncc2CO)n1. The van der Waals surface area contributed by atoms with Crippen LogP contribution >= 0.6 is 11.3 Å². The van der Waals surface area contributed by atoms with Gasteiger partial charge in [-0.2, -0.15) is 0 Å². The lowest BCUT2D eigenvalue weighted by Gasteiger charge is -2.12. The number of nitrogens with zero attached hydrogens (tertiary/aromatic N) is 3. The van der Waals surface area contributed by atoms with E-state index in [4.69, 9.17) is 5.11 Å². The Morgan fingerprint density at radius 1 is 1.60 bits per heavy atom. The number of aliphatic hydroxyl groups excluding tert-OH is 1. The third-order valence-electron chi connectivity index (χ3n) is 2.32. The Bertz CT molecular complexity index is 449. The molecule has 4 nitrogen and oxygen atoms in total. The molecule has 1 N–H and O–H groups in total. The first-order valence-electron chi connectivity index (χ1n) is 4.76. The number of aryl methyl sites for hydroxylation is 1. The molecule has 0 saturated heterocycles. The smallest absolute Gasteiger partial charge is 0.115 e. The third kappa shape index (κ3) is 1.93. The van der Waals surface area contributed by atoms with Crippen molar-refractivity contribution >= 4 is 11.3 Å². The molecule has 5 heteroatoms. The zero-order chi connectivity index (χ0) is 10.8. The first-order chi connectivity index (χ1) is 7.22. The van der Waals surface area contributed by atoms with Crippen LogP contribution in [0.15, 0.2) is 17.9 Å². The van der Waals surface area contributed by atoms with Crippen molar-refractivity contribution in [1.82, 2.24) is 14.5 Å². The van der Waals surface area contributed by atoms with E-state index in [0.29, 0.717) is 0 Å². The fourth-order valence-electron chi connectivity index (χ4n) is 1.49. The minimum atomic E-state index is 0.00863. The van der Waals surface area contributed by atoms with E-state index in [1.54, 1.807) is 23.9 Å². The van der Waals surface area contributed by atoms with E-state index in [1.165, 1.54) is 0 Å². The maximum absolute atomic E-state index is 9.13. The second-order valence-corrected chi connectivity index (χ2v) is 4.34. The predicted octanol–water partition coefficient (Wildman–Crippen LogP) is 1.75. The lowest BCUT2D eigenvalue weighted by molar-refractivity contribution is 0.269. The Kier molecular flexibility index (Phi) is 2.83. The van der Waals surface area contributed by atoms with Gasteiger partial charge in [0.05, 0.1) is 30.9 Å². The second kappa shape index (κ2) is 4.12. The van der Waals surface area contributed by atoms with Crippen molar-refractivity contribution in [3.8, 4) is 0 Å². The molecule has 0 spiro atoms. The van der Waals surface area contributed by atoms with E-state index in [-0.39, 0.29) is 12.6 Å². The summed E-state index contributed by atoms with van der Waals surface area (Å²) >= 11 is 1.63. The Hall–Kier alpha value is -1.20. The molecule has 1 atom stereocenters. The number of aliphatic hydroxyl groups is 1. The zero-order valence-corrected chi connectivity index (χ0v) is 9.53. The molecule has 0 saturated carbocycles. The van der Waals surface area contributed by atoms with Crippen molar-refractivity contribution in [2.45, 2.75) is 26.5 Å². The highest BCUT2D eigenvalue weighted by Crippen LogP contribution is 2.22. The molecule has 0 aromatic carbocycles. The van der Waals surface area contributed by atoms with Crippen LogP contribution in [0.1, 0.15) is 29.4 Å². The molecule has 0 fully saturated rings. The van der Waals surface area contributed by atoms with Crippen LogP contribution < -0.4 is 0 Å². The van der Waals surface area contributed by atoms with Gasteiger partial charge in [-0.15, -0.1) is 11.3 Å². The molecule has 0 amide bonds. The highest BCUT2D eigenvalue weighted by molar-refractivity contribution is 7.09. The van der Waals surface area contributed by atoms with Crippen LogP contribution in [-0.4, -0.2) is 19.6 Å². The Balaban J connectivity index is 2.31. The van der Waals surface area contributed by atoms with Crippen molar-refractivity contribution in [2.24, 2.45) is 0 Å². The number of rotatable bonds is 3. The molecule has 0 bridgehead atoms. The van der Waals surface area contributed by atoms with Crippen molar-refractivity contribution < 1.29 is 5.11 Å². The zero-order valence-electron chi connectivity index (χ0n) is 8.71. The summed E-state index contributed by atoms with van der Waals surface area (Å²) < 4.78 is 1.94. The van der Waals surface area contributed by atoms with E-state index >= 15 is 0 Å². The molecule has 2 heterocycles. The van der Waals surface area contributed by atoms with Crippen LogP contribution in [-0.2, 0) is 6.61 Å². The molecule has 2 aromatic heterocycles. The Morgan fingerprint density at radius 3 is 3.00 bits per heavy atom. The van der Waals surface area contributed by atoms with Gasteiger partial charge in [0.2, 0.25) is 0 Å². The molecular formula is C10H13N3OS. The van der Waals surface area contributed by atoms with E-state index < -0.39 is 0 Å². The average Bonchev–Trinajstić information content (AvgIpc) is 2.84. The number of hydrogen-bond acceptors (Lipinski definition) is 4. The monoisotopic (exact) mass is 223 g/mol. The molecule has 0 aliphatic heterocycles. The largest absolute Gasteiger partial charge is 0.390 e. The highest BCUT2D eigenvalue weighted by atomic mass is 32.1. The van der Waals surface area contributed by atoms with Crippen molar-refractivity contribution in [3.05, 3.63) is 34.3 Å². The molecule has 0 aliphatic rings. The van der Waals surface area contributed by atoms with Crippen LogP contribution in [0.3, 0.4) is 0 Å². The summed E-state index contributed by atoms with van der Waals surface area (Å²) in [4.78, 5) is 8.46. The van der Waals surface area contributed by atoms with Crippen LogP contribution in [0.4, 0.5) is 0 Å².